The first-order chi connectivity index (χ1) is 9.77. The summed E-state index contributed by atoms with van der Waals surface area (Å²) in [4.78, 5) is 5.05. The number of benzene rings is 2. The highest BCUT2D eigenvalue weighted by molar-refractivity contribution is 5.56. The van der Waals surface area contributed by atoms with Crippen LogP contribution in [-0.4, -0.2) is 19.3 Å². The Kier molecular flexibility index (Phi) is 3.64. The van der Waals surface area contributed by atoms with Gasteiger partial charge in [0.05, 0.1) is 0 Å². The van der Waals surface area contributed by atoms with Crippen LogP contribution in [0.1, 0.15) is 13.8 Å². The van der Waals surface area contributed by atoms with Gasteiger partial charge in [-0.25, -0.2) is 0 Å². The zero-order valence-electron chi connectivity index (χ0n) is 12.2. The van der Waals surface area contributed by atoms with Gasteiger partial charge in [0.1, 0.15) is 6.17 Å². The van der Waals surface area contributed by atoms with E-state index in [4.69, 9.17) is 0 Å². The average molecular weight is 266 g/mol. The van der Waals surface area contributed by atoms with Crippen LogP contribution in [0.25, 0.3) is 0 Å². The van der Waals surface area contributed by atoms with Crippen molar-refractivity contribution >= 4 is 11.4 Å². The fourth-order valence-corrected chi connectivity index (χ4v) is 3.17. The molecule has 0 unspecified atom stereocenters. The number of anilines is 2. The Bertz CT molecular complexity index is 488. The highest BCUT2D eigenvalue weighted by Gasteiger charge is 2.34. The van der Waals surface area contributed by atoms with Gasteiger partial charge in [-0.05, 0) is 30.2 Å². The van der Waals surface area contributed by atoms with Crippen LogP contribution in [-0.2, 0) is 0 Å². The van der Waals surface area contributed by atoms with Crippen molar-refractivity contribution in [1.82, 2.24) is 0 Å². The van der Waals surface area contributed by atoms with Gasteiger partial charge >= 0.3 is 0 Å². The van der Waals surface area contributed by atoms with Crippen molar-refractivity contribution in [3.8, 4) is 0 Å². The van der Waals surface area contributed by atoms with Gasteiger partial charge in [-0.15, -0.1) is 0 Å². The van der Waals surface area contributed by atoms with Crippen molar-refractivity contribution in [1.29, 1.82) is 0 Å². The molecule has 0 aliphatic carbocycles. The van der Waals surface area contributed by atoms with Gasteiger partial charge in [-0.2, -0.15) is 0 Å². The Morgan fingerprint density at radius 1 is 0.750 bits per heavy atom. The van der Waals surface area contributed by atoms with Crippen LogP contribution >= 0.6 is 0 Å². The van der Waals surface area contributed by atoms with E-state index in [1.54, 1.807) is 0 Å². The van der Waals surface area contributed by atoms with Crippen LogP contribution in [0, 0.1) is 5.92 Å². The van der Waals surface area contributed by atoms with Crippen molar-refractivity contribution in [2.45, 2.75) is 20.0 Å². The van der Waals surface area contributed by atoms with E-state index in [1.807, 2.05) is 0 Å². The summed E-state index contributed by atoms with van der Waals surface area (Å²) >= 11 is 0. The van der Waals surface area contributed by atoms with Crippen LogP contribution in [0.2, 0.25) is 0 Å². The lowest BCUT2D eigenvalue weighted by atomic mass is 10.1. The van der Waals surface area contributed by atoms with E-state index in [-0.39, 0.29) is 0 Å². The minimum absolute atomic E-state index is 0.430. The number of hydrogen-bond acceptors (Lipinski definition) is 2. The molecular weight excluding hydrogens is 244 g/mol. The normalized spacial score (nSPS) is 16.1. The lowest BCUT2D eigenvalue weighted by molar-refractivity contribution is 0.494. The molecule has 20 heavy (non-hydrogen) atoms. The lowest BCUT2D eigenvalue weighted by Gasteiger charge is -2.35. The van der Waals surface area contributed by atoms with Crippen molar-refractivity contribution in [3.63, 3.8) is 0 Å². The topological polar surface area (TPSA) is 6.48 Å². The maximum Gasteiger partial charge on any atom is 0.104 e. The zero-order chi connectivity index (χ0) is 13.9. The Morgan fingerprint density at radius 2 is 1.15 bits per heavy atom. The third-order valence-electron chi connectivity index (χ3n) is 3.99. The molecule has 0 saturated carbocycles. The van der Waals surface area contributed by atoms with Crippen LogP contribution in [0.5, 0.6) is 0 Å². The molecule has 2 aromatic carbocycles. The molecule has 1 heterocycles. The third kappa shape index (κ3) is 2.38. The maximum absolute atomic E-state index is 2.53. The second-order valence-electron chi connectivity index (χ2n) is 5.72. The van der Waals surface area contributed by atoms with E-state index >= 15 is 0 Å². The zero-order valence-corrected chi connectivity index (χ0v) is 12.2. The molecule has 0 atom stereocenters. The molecule has 0 bridgehead atoms. The molecule has 2 aromatic rings. The quantitative estimate of drug-likeness (QED) is 0.828. The summed E-state index contributed by atoms with van der Waals surface area (Å²) in [6, 6.07) is 21.5. The SMILES string of the molecule is CC(C)C1N(c2ccccc2)CCN1c1ccccc1. The first kappa shape index (κ1) is 13.0. The Hall–Kier alpha value is -1.96. The second kappa shape index (κ2) is 5.58. The van der Waals surface area contributed by atoms with Crippen LogP contribution in [0.3, 0.4) is 0 Å². The van der Waals surface area contributed by atoms with Crippen LogP contribution in [0.4, 0.5) is 11.4 Å². The van der Waals surface area contributed by atoms with Crippen LogP contribution < -0.4 is 9.80 Å². The molecule has 2 heteroatoms. The molecule has 1 fully saturated rings. The highest BCUT2D eigenvalue weighted by Crippen LogP contribution is 2.31. The molecule has 0 spiro atoms. The van der Waals surface area contributed by atoms with Gasteiger partial charge < -0.3 is 9.80 Å². The molecule has 0 aromatic heterocycles. The summed E-state index contributed by atoms with van der Waals surface area (Å²) in [7, 11) is 0. The smallest absolute Gasteiger partial charge is 0.104 e. The molecule has 0 N–H and O–H groups in total. The maximum atomic E-state index is 2.53. The molecule has 3 rings (SSSR count). The predicted molar refractivity (Wildman–Crippen MR) is 86.2 cm³/mol. The largest absolute Gasteiger partial charge is 0.349 e. The third-order valence-corrected chi connectivity index (χ3v) is 3.99. The van der Waals surface area contributed by atoms with Gasteiger partial charge in [0.25, 0.3) is 0 Å². The monoisotopic (exact) mass is 266 g/mol. The average Bonchev–Trinajstić information content (AvgIpc) is 2.94. The van der Waals surface area contributed by atoms with E-state index in [2.05, 4.69) is 84.3 Å². The van der Waals surface area contributed by atoms with Crippen molar-refractivity contribution < 1.29 is 0 Å². The summed E-state index contributed by atoms with van der Waals surface area (Å²) in [5.41, 5.74) is 2.65. The molecule has 104 valence electrons. The van der Waals surface area contributed by atoms with Gasteiger partial charge in [0, 0.05) is 24.5 Å². The molecule has 1 aliphatic heterocycles. The first-order valence-corrected chi connectivity index (χ1v) is 7.41. The Morgan fingerprint density at radius 3 is 1.50 bits per heavy atom. The summed E-state index contributed by atoms with van der Waals surface area (Å²) in [5.74, 6) is 0.581. The number of para-hydroxylation sites is 2. The van der Waals surface area contributed by atoms with Crippen LogP contribution in [0.15, 0.2) is 60.7 Å². The molecule has 0 amide bonds. The Balaban J connectivity index is 1.92. The van der Waals surface area contributed by atoms with E-state index in [9.17, 15) is 0 Å². The van der Waals surface area contributed by atoms with E-state index in [0.717, 1.165) is 13.1 Å². The predicted octanol–water partition coefficient (Wildman–Crippen LogP) is 4.00. The summed E-state index contributed by atoms with van der Waals surface area (Å²) in [6.45, 7) is 6.78. The van der Waals surface area contributed by atoms with Gasteiger partial charge in [-0.1, -0.05) is 50.2 Å². The number of nitrogens with zero attached hydrogens (tertiary/aromatic N) is 2. The van der Waals surface area contributed by atoms with Gasteiger partial charge in [0.15, 0.2) is 0 Å². The van der Waals surface area contributed by atoms with Crippen molar-refractivity contribution in [2.24, 2.45) is 5.92 Å². The summed E-state index contributed by atoms with van der Waals surface area (Å²) < 4.78 is 0. The van der Waals surface area contributed by atoms with E-state index in [0.29, 0.717) is 12.1 Å². The minimum Gasteiger partial charge on any atom is -0.349 e. The second-order valence-corrected chi connectivity index (χ2v) is 5.72. The standard InChI is InChI=1S/C18H22N2/c1-15(2)18-19(16-9-5-3-6-10-16)13-14-20(18)17-11-7-4-8-12-17/h3-12,15,18H,13-14H2,1-2H3. The number of hydrogen-bond donors (Lipinski definition) is 0. The first-order valence-electron chi connectivity index (χ1n) is 7.41. The van der Waals surface area contributed by atoms with E-state index < -0.39 is 0 Å². The summed E-state index contributed by atoms with van der Waals surface area (Å²) in [5, 5.41) is 0. The molecule has 0 radical (unpaired) electrons. The fourth-order valence-electron chi connectivity index (χ4n) is 3.17. The number of rotatable bonds is 3. The molecule has 1 aliphatic rings. The fraction of sp³-hybridized carbons (Fsp3) is 0.333. The Labute approximate surface area is 121 Å². The molecule has 2 nitrogen and oxygen atoms in total. The summed E-state index contributed by atoms with van der Waals surface area (Å²) in [6.07, 6.45) is 0.430. The minimum atomic E-state index is 0.430. The molecule has 1 saturated heterocycles. The molecular formula is C18H22N2. The van der Waals surface area contributed by atoms with Crippen molar-refractivity contribution in [3.05, 3.63) is 60.7 Å². The van der Waals surface area contributed by atoms with Gasteiger partial charge in [-0.3, -0.25) is 0 Å². The lowest BCUT2D eigenvalue weighted by Crippen LogP contribution is -2.43. The van der Waals surface area contributed by atoms with Gasteiger partial charge in [0.2, 0.25) is 0 Å². The van der Waals surface area contributed by atoms with Crippen molar-refractivity contribution in [2.75, 3.05) is 22.9 Å². The van der Waals surface area contributed by atoms with E-state index in [1.165, 1.54) is 11.4 Å². The highest BCUT2D eigenvalue weighted by atomic mass is 15.4.